The summed E-state index contributed by atoms with van der Waals surface area (Å²) in [5.74, 6) is 0.586. The second-order valence-corrected chi connectivity index (χ2v) is 8.02. The molecule has 1 aliphatic rings. The molecule has 0 spiro atoms. The molecule has 6 nitrogen and oxygen atoms in total. The highest BCUT2D eigenvalue weighted by Gasteiger charge is 2.19. The van der Waals surface area contributed by atoms with Gasteiger partial charge in [0.15, 0.2) is 10.6 Å². The van der Waals surface area contributed by atoms with Gasteiger partial charge in [-0.1, -0.05) is 18.3 Å². The van der Waals surface area contributed by atoms with Gasteiger partial charge in [-0.25, -0.2) is 9.97 Å². The molecule has 0 radical (unpaired) electrons. The predicted octanol–water partition coefficient (Wildman–Crippen LogP) is 3.44. The Morgan fingerprint density at radius 2 is 1.92 bits per heavy atom. The summed E-state index contributed by atoms with van der Waals surface area (Å²) in [4.78, 5) is 16.6. The molecule has 1 N–H and O–H groups in total. The van der Waals surface area contributed by atoms with Gasteiger partial charge < -0.3 is 9.72 Å². The Morgan fingerprint density at radius 3 is 2.69 bits per heavy atom. The minimum absolute atomic E-state index is 0.586. The second kappa shape index (κ2) is 6.17. The van der Waals surface area contributed by atoms with Crippen LogP contribution in [0.2, 0.25) is 0 Å². The molecule has 5 rings (SSSR count). The molecule has 1 saturated heterocycles. The molecule has 7 heteroatoms. The SMILES string of the molecule is CCc1nc(C)cn2cc(-c3cn4cc(C5CCNCC5)nc4s3)nc12. The highest BCUT2D eigenvalue weighted by Crippen LogP contribution is 2.31. The van der Waals surface area contributed by atoms with Crippen LogP contribution in [0.15, 0.2) is 24.8 Å². The van der Waals surface area contributed by atoms with Gasteiger partial charge in [-0.2, -0.15) is 0 Å². The lowest BCUT2D eigenvalue weighted by Gasteiger charge is -2.20. The molecule has 0 aromatic carbocycles. The lowest BCUT2D eigenvalue weighted by molar-refractivity contribution is 0.454. The summed E-state index contributed by atoms with van der Waals surface area (Å²) >= 11 is 1.71. The Kier molecular flexibility index (Phi) is 3.79. The van der Waals surface area contributed by atoms with Crippen LogP contribution in [0.1, 0.15) is 42.8 Å². The smallest absolute Gasteiger partial charge is 0.194 e. The number of rotatable bonds is 3. The summed E-state index contributed by atoms with van der Waals surface area (Å²) in [5, 5.41) is 3.42. The van der Waals surface area contributed by atoms with Crippen LogP contribution in [0.25, 0.3) is 21.2 Å². The van der Waals surface area contributed by atoms with Gasteiger partial charge in [0.1, 0.15) is 5.69 Å². The normalized spacial score (nSPS) is 16.1. The zero-order chi connectivity index (χ0) is 17.7. The average Bonchev–Trinajstić information content (AvgIpc) is 3.33. The van der Waals surface area contributed by atoms with Crippen LogP contribution in [0.4, 0.5) is 0 Å². The van der Waals surface area contributed by atoms with Gasteiger partial charge in [0.25, 0.3) is 0 Å². The molecule has 0 bridgehead atoms. The highest BCUT2D eigenvalue weighted by atomic mass is 32.1. The van der Waals surface area contributed by atoms with E-state index in [1.165, 1.54) is 18.5 Å². The van der Waals surface area contributed by atoms with Gasteiger partial charge >= 0.3 is 0 Å². The Balaban J connectivity index is 1.52. The minimum atomic E-state index is 0.586. The van der Waals surface area contributed by atoms with Gasteiger partial charge in [0.05, 0.1) is 22.0 Å². The van der Waals surface area contributed by atoms with E-state index in [-0.39, 0.29) is 0 Å². The molecule has 0 atom stereocenters. The zero-order valence-electron chi connectivity index (χ0n) is 15.1. The van der Waals surface area contributed by atoms with Crippen LogP contribution in [0.5, 0.6) is 0 Å². The van der Waals surface area contributed by atoms with Gasteiger partial charge in [-0.05, 0) is 39.3 Å². The summed E-state index contributed by atoms with van der Waals surface area (Å²) < 4.78 is 4.26. The number of aromatic nitrogens is 5. The molecule has 1 aliphatic heterocycles. The van der Waals surface area contributed by atoms with Gasteiger partial charge in [0.2, 0.25) is 0 Å². The summed E-state index contributed by atoms with van der Waals surface area (Å²) in [7, 11) is 0. The highest BCUT2D eigenvalue weighted by molar-refractivity contribution is 7.20. The number of hydrogen-bond acceptors (Lipinski definition) is 5. The first-order valence-electron chi connectivity index (χ1n) is 9.26. The van der Waals surface area contributed by atoms with E-state index in [4.69, 9.17) is 9.97 Å². The van der Waals surface area contributed by atoms with Crippen molar-refractivity contribution in [1.82, 2.24) is 29.1 Å². The fraction of sp³-hybridized carbons (Fsp3) is 0.421. The summed E-state index contributed by atoms with van der Waals surface area (Å²) in [5.41, 5.74) is 5.24. The summed E-state index contributed by atoms with van der Waals surface area (Å²) in [6.07, 6.45) is 11.7. The van der Waals surface area contributed by atoms with E-state index in [0.29, 0.717) is 5.92 Å². The lowest BCUT2D eigenvalue weighted by atomic mass is 9.95. The average molecular weight is 366 g/mol. The molecule has 134 valence electrons. The standard InChI is InChI=1S/C19H22N6S/c1-3-14-18-22-16(10-24(18)8-12(2)21-14)17-11-25-9-15(23-19(25)26-17)13-4-6-20-7-5-13/h8-11,13,20H,3-7H2,1-2H3. The van der Waals surface area contributed by atoms with Gasteiger partial charge in [0, 0.05) is 30.7 Å². The number of piperidine rings is 1. The number of nitrogens with one attached hydrogen (secondary N) is 1. The van der Waals surface area contributed by atoms with Crippen molar-refractivity contribution in [3.63, 3.8) is 0 Å². The van der Waals surface area contributed by atoms with Crippen molar-refractivity contribution in [3.05, 3.63) is 41.9 Å². The number of imidazole rings is 2. The molecule has 1 fully saturated rings. The maximum atomic E-state index is 4.89. The minimum Gasteiger partial charge on any atom is -0.317 e. The number of hydrogen-bond donors (Lipinski definition) is 1. The topological polar surface area (TPSA) is 59.5 Å². The van der Waals surface area contributed by atoms with E-state index in [0.717, 1.165) is 52.1 Å². The van der Waals surface area contributed by atoms with Crippen molar-refractivity contribution in [2.75, 3.05) is 13.1 Å². The maximum Gasteiger partial charge on any atom is 0.194 e. The Hall–Kier alpha value is -2.25. The van der Waals surface area contributed by atoms with Crippen molar-refractivity contribution in [2.24, 2.45) is 0 Å². The summed E-state index contributed by atoms with van der Waals surface area (Å²) in [6.45, 7) is 6.34. The van der Waals surface area contributed by atoms with Crippen molar-refractivity contribution in [3.8, 4) is 10.6 Å². The van der Waals surface area contributed by atoms with E-state index >= 15 is 0 Å². The predicted molar refractivity (Wildman–Crippen MR) is 104 cm³/mol. The number of thiazole rings is 1. The third-order valence-corrected chi connectivity index (χ3v) is 6.17. The van der Waals surface area contributed by atoms with Crippen molar-refractivity contribution in [1.29, 1.82) is 0 Å². The van der Waals surface area contributed by atoms with Crippen molar-refractivity contribution in [2.45, 2.75) is 39.0 Å². The fourth-order valence-corrected chi connectivity index (χ4v) is 4.73. The van der Waals surface area contributed by atoms with Gasteiger partial charge in [-0.3, -0.25) is 9.38 Å². The molecule has 26 heavy (non-hydrogen) atoms. The molecule has 5 heterocycles. The monoisotopic (exact) mass is 366 g/mol. The molecule has 4 aromatic rings. The van der Waals surface area contributed by atoms with Crippen LogP contribution in [-0.2, 0) is 6.42 Å². The van der Waals surface area contributed by atoms with Crippen molar-refractivity contribution >= 4 is 21.9 Å². The Labute approximate surface area is 155 Å². The molecular formula is C19H22N6S. The van der Waals surface area contributed by atoms with E-state index in [1.54, 1.807) is 11.3 Å². The van der Waals surface area contributed by atoms with E-state index in [2.05, 4.69) is 44.6 Å². The number of fused-ring (bicyclic) bond motifs is 2. The van der Waals surface area contributed by atoms with Crippen molar-refractivity contribution < 1.29 is 0 Å². The lowest BCUT2D eigenvalue weighted by Crippen LogP contribution is -2.26. The molecule has 0 unspecified atom stereocenters. The first-order valence-corrected chi connectivity index (χ1v) is 10.1. The van der Waals surface area contributed by atoms with Crippen LogP contribution in [-0.4, -0.2) is 36.8 Å². The zero-order valence-corrected chi connectivity index (χ0v) is 15.9. The van der Waals surface area contributed by atoms with Crippen LogP contribution < -0.4 is 5.32 Å². The quantitative estimate of drug-likeness (QED) is 0.603. The van der Waals surface area contributed by atoms with Crippen LogP contribution >= 0.6 is 11.3 Å². The van der Waals surface area contributed by atoms with E-state index in [9.17, 15) is 0 Å². The van der Waals surface area contributed by atoms with Crippen LogP contribution in [0, 0.1) is 6.92 Å². The first-order chi connectivity index (χ1) is 12.7. The maximum absolute atomic E-state index is 4.89. The fourth-order valence-electron chi connectivity index (χ4n) is 3.80. The summed E-state index contributed by atoms with van der Waals surface area (Å²) in [6, 6.07) is 0. The molecule has 0 aliphatic carbocycles. The van der Waals surface area contributed by atoms with Crippen LogP contribution in [0.3, 0.4) is 0 Å². The third kappa shape index (κ3) is 2.62. The Bertz CT molecular complexity index is 1050. The molecule has 0 saturated carbocycles. The third-order valence-electron chi connectivity index (χ3n) is 5.15. The Morgan fingerprint density at radius 1 is 1.08 bits per heavy atom. The van der Waals surface area contributed by atoms with Gasteiger partial charge in [-0.15, -0.1) is 0 Å². The second-order valence-electron chi connectivity index (χ2n) is 7.01. The molecule has 4 aromatic heterocycles. The number of aryl methyl sites for hydroxylation is 2. The largest absolute Gasteiger partial charge is 0.317 e. The van der Waals surface area contributed by atoms with E-state index in [1.807, 2.05) is 13.1 Å². The number of nitrogens with zero attached hydrogens (tertiary/aromatic N) is 5. The molecular weight excluding hydrogens is 344 g/mol. The van der Waals surface area contributed by atoms with E-state index < -0.39 is 0 Å². The molecule has 0 amide bonds. The first kappa shape index (κ1) is 16.0.